The van der Waals surface area contributed by atoms with Crippen LogP contribution >= 0.6 is 0 Å². The highest BCUT2D eigenvalue weighted by molar-refractivity contribution is 5.91. The molecule has 4 atom stereocenters. The molecule has 0 radical (unpaired) electrons. The van der Waals surface area contributed by atoms with Gasteiger partial charge in [-0.1, -0.05) is 12.8 Å². The molecule has 0 aromatic heterocycles. The minimum atomic E-state index is 0.263. The number of Topliss-reactive ketones (excluding diaryl/α,β-unsaturated/α-hetero) is 2. The third-order valence-corrected chi connectivity index (χ3v) is 4.52. The van der Waals surface area contributed by atoms with Crippen LogP contribution in [0.4, 0.5) is 0 Å². The molecule has 0 aromatic rings. The summed E-state index contributed by atoms with van der Waals surface area (Å²) in [6.45, 7) is 0. The lowest BCUT2D eigenvalue weighted by Crippen LogP contribution is -2.16. The number of ketones is 2. The van der Waals surface area contributed by atoms with Crippen molar-refractivity contribution in [2.45, 2.75) is 38.5 Å². The van der Waals surface area contributed by atoms with Crippen LogP contribution in [0.25, 0.3) is 0 Å². The van der Waals surface area contributed by atoms with Crippen molar-refractivity contribution < 1.29 is 9.59 Å². The van der Waals surface area contributed by atoms with Gasteiger partial charge < -0.3 is 0 Å². The van der Waals surface area contributed by atoms with Gasteiger partial charge in [-0.3, -0.25) is 9.59 Å². The summed E-state index contributed by atoms with van der Waals surface area (Å²) in [5.74, 6) is 2.33. The zero-order valence-corrected chi connectivity index (χ0v) is 8.37. The predicted octanol–water partition coefficient (Wildman–Crippen LogP) is 1.97. The first-order chi connectivity index (χ1) is 6.77. The summed E-state index contributed by atoms with van der Waals surface area (Å²) in [7, 11) is 0. The maximum absolute atomic E-state index is 12.0. The fraction of sp³-hybridized carbons (Fsp3) is 0.833. The van der Waals surface area contributed by atoms with Crippen molar-refractivity contribution in [1.82, 2.24) is 0 Å². The van der Waals surface area contributed by atoms with Crippen molar-refractivity contribution in [1.29, 1.82) is 0 Å². The largest absolute Gasteiger partial charge is 0.300 e. The second kappa shape index (κ2) is 2.91. The Labute approximate surface area is 84.1 Å². The Bertz CT molecular complexity index is 269. The fourth-order valence-corrected chi connectivity index (χ4v) is 3.93. The molecule has 0 aliphatic heterocycles. The van der Waals surface area contributed by atoms with Crippen molar-refractivity contribution in [3.05, 3.63) is 0 Å². The van der Waals surface area contributed by atoms with Gasteiger partial charge in [0.1, 0.15) is 11.6 Å². The quantitative estimate of drug-likeness (QED) is 0.588. The highest BCUT2D eigenvalue weighted by atomic mass is 16.1. The second-order valence-electron chi connectivity index (χ2n) is 5.17. The van der Waals surface area contributed by atoms with Crippen molar-refractivity contribution in [3.63, 3.8) is 0 Å². The third kappa shape index (κ3) is 1.03. The number of hydrogen-bond acceptors (Lipinski definition) is 2. The average molecular weight is 192 g/mol. The van der Waals surface area contributed by atoms with Crippen molar-refractivity contribution in [2.75, 3.05) is 0 Å². The molecular weight excluding hydrogens is 176 g/mol. The minimum absolute atomic E-state index is 0.263. The maximum Gasteiger partial charge on any atom is 0.139 e. The van der Waals surface area contributed by atoms with Gasteiger partial charge in [0, 0.05) is 24.7 Å². The van der Waals surface area contributed by atoms with E-state index in [2.05, 4.69) is 0 Å². The van der Waals surface area contributed by atoms with Gasteiger partial charge in [-0.05, 0) is 24.7 Å². The van der Waals surface area contributed by atoms with Crippen LogP contribution in [-0.2, 0) is 9.59 Å². The van der Waals surface area contributed by atoms with E-state index in [0.717, 1.165) is 12.8 Å². The molecule has 3 aliphatic rings. The summed E-state index contributed by atoms with van der Waals surface area (Å²) in [6.07, 6.45) is 5.93. The molecule has 76 valence electrons. The van der Waals surface area contributed by atoms with Gasteiger partial charge in [-0.15, -0.1) is 0 Å². The van der Waals surface area contributed by atoms with E-state index in [-0.39, 0.29) is 11.8 Å². The summed E-state index contributed by atoms with van der Waals surface area (Å²) < 4.78 is 0. The van der Waals surface area contributed by atoms with Gasteiger partial charge in [0.15, 0.2) is 0 Å². The molecule has 0 unspecified atom stereocenters. The van der Waals surface area contributed by atoms with E-state index >= 15 is 0 Å². The molecule has 0 aromatic carbocycles. The van der Waals surface area contributed by atoms with Crippen LogP contribution in [0.5, 0.6) is 0 Å². The standard InChI is InChI=1S/C12H16O2/c13-7-5-10-8-3-1-2-4-9(12(8)14)11(10)6-7/h8-11H,1-6H2/t8-,9+,10-,11-/m1/s1. The third-order valence-electron chi connectivity index (χ3n) is 4.52. The minimum Gasteiger partial charge on any atom is -0.300 e. The normalized spacial score (nSPS) is 46.6. The smallest absolute Gasteiger partial charge is 0.139 e. The molecule has 3 rings (SSSR count). The lowest BCUT2D eigenvalue weighted by molar-refractivity contribution is -0.125. The first-order valence-corrected chi connectivity index (χ1v) is 5.83. The van der Waals surface area contributed by atoms with E-state index in [1.54, 1.807) is 0 Å². The number of carbonyl (C=O) groups excluding carboxylic acids is 2. The lowest BCUT2D eigenvalue weighted by atomic mass is 9.84. The van der Waals surface area contributed by atoms with E-state index in [1.165, 1.54) is 12.8 Å². The van der Waals surface area contributed by atoms with Crippen LogP contribution in [0.2, 0.25) is 0 Å². The van der Waals surface area contributed by atoms with Crippen LogP contribution in [0.3, 0.4) is 0 Å². The van der Waals surface area contributed by atoms with Gasteiger partial charge in [0.2, 0.25) is 0 Å². The molecule has 0 spiro atoms. The number of carbonyl (C=O) groups is 2. The van der Waals surface area contributed by atoms with Crippen molar-refractivity contribution in [3.8, 4) is 0 Å². The summed E-state index contributed by atoms with van der Waals surface area (Å²) in [5.41, 5.74) is 0. The van der Waals surface area contributed by atoms with Gasteiger partial charge >= 0.3 is 0 Å². The van der Waals surface area contributed by atoms with Gasteiger partial charge in [0.05, 0.1) is 0 Å². The lowest BCUT2D eigenvalue weighted by Gasteiger charge is -2.18. The molecule has 14 heavy (non-hydrogen) atoms. The molecule has 2 heteroatoms. The molecule has 3 aliphatic carbocycles. The van der Waals surface area contributed by atoms with Gasteiger partial charge in [-0.25, -0.2) is 0 Å². The Morgan fingerprint density at radius 3 is 1.86 bits per heavy atom. The van der Waals surface area contributed by atoms with Crippen molar-refractivity contribution in [2.24, 2.45) is 23.7 Å². The first kappa shape index (κ1) is 8.63. The zero-order valence-electron chi connectivity index (χ0n) is 8.37. The highest BCUT2D eigenvalue weighted by Gasteiger charge is 2.53. The Hall–Kier alpha value is -0.660. The molecule has 0 saturated heterocycles. The predicted molar refractivity (Wildman–Crippen MR) is 51.7 cm³/mol. The van der Waals surface area contributed by atoms with Crippen molar-refractivity contribution >= 4 is 11.6 Å². The van der Waals surface area contributed by atoms with Crippen LogP contribution in [0.15, 0.2) is 0 Å². The number of fused-ring (bicyclic) bond motifs is 5. The van der Waals surface area contributed by atoms with E-state index in [1.807, 2.05) is 0 Å². The Balaban J connectivity index is 1.95. The van der Waals surface area contributed by atoms with Gasteiger partial charge in [-0.2, -0.15) is 0 Å². The Morgan fingerprint density at radius 2 is 1.36 bits per heavy atom. The van der Waals surface area contributed by atoms with Crippen LogP contribution in [0, 0.1) is 23.7 Å². The molecule has 2 bridgehead atoms. The summed E-state index contributed by atoms with van der Waals surface area (Å²) in [6, 6.07) is 0. The van der Waals surface area contributed by atoms with Crippen LogP contribution < -0.4 is 0 Å². The molecule has 3 fully saturated rings. The van der Waals surface area contributed by atoms with E-state index in [4.69, 9.17) is 0 Å². The molecule has 0 amide bonds. The number of rotatable bonds is 0. The van der Waals surface area contributed by atoms with Crippen LogP contribution in [0.1, 0.15) is 38.5 Å². The molecule has 0 N–H and O–H groups in total. The Morgan fingerprint density at radius 1 is 0.857 bits per heavy atom. The SMILES string of the molecule is O=C1C[C@H]2[C@H](C1)[C@H]1CCCC[C@@H]2C1=O. The molecular formula is C12H16O2. The summed E-state index contributed by atoms with van der Waals surface area (Å²) in [5, 5.41) is 0. The molecule has 3 saturated carbocycles. The first-order valence-electron chi connectivity index (χ1n) is 5.83. The zero-order chi connectivity index (χ0) is 9.71. The fourth-order valence-electron chi connectivity index (χ4n) is 3.93. The Kier molecular flexibility index (Phi) is 1.80. The average Bonchev–Trinajstić information content (AvgIpc) is 2.52. The van der Waals surface area contributed by atoms with Gasteiger partial charge in [0.25, 0.3) is 0 Å². The van der Waals surface area contributed by atoms with E-state index in [0.29, 0.717) is 36.2 Å². The highest BCUT2D eigenvalue weighted by Crippen LogP contribution is 2.52. The molecule has 2 nitrogen and oxygen atoms in total. The second-order valence-corrected chi connectivity index (χ2v) is 5.17. The topological polar surface area (TPSA) is 34.1 Å². The summed E-state index contributed by atoms with van der Waals surface area (Å²) in [4.78, 5) is 23.4. The van der Waals surface area contributed by atoms with E-state index < -0.39 is 0 Å². The number of hydrogen-bond donors (Lipinski definition) is 0. The van der Waals surface area contributed by atoms with Crippen LogP contribution in [-0.4, -0.2) is 11.6 Å². The monoisotopic (exact) mass is 192 g/mol. The van der Waals surface area contributed by atoms with E-state index in [9.17, 15) is 9.59 Å². The summed E-state index contributed by atoms with van der Waals surface area (Å²) >= 11 is 0. The molecule has 0 heterocycles. The maximum atomic E-state index is 12.0.